The van der Waals surface area contributed by atoms with Crippen LogP contribution in [0.2, 0.25) is 0 Å². The number of benzene rings is 1. The predicted molar refractivity (Wildman–Crippen MR) is 98.9 cm³/mol. The largest absolute Gasteiger partial charge is 0.441 e. The third kappa shape index (κ3) is 3.94. The van der Waals surface area contributed by atoms with Crippen LogP contribution in [0.25, 0.3) is 11.5 Å². The Balaban J connectivity index is 1.69. The Morgan fingerprint density at radius 2 is 2.00 bits per heavy atom. The number of oxazole rings is 1. The van der Waals surface area contributed by atoms with Crippen molar-refractivity contribution in [2.24, 2.45) is 0 Å². The zero-order valence-corrected chi connectivity index (χ0v) is 15.9. The molecular formula is C18H17BrN2O2S. The van der Waals surface area contributed by atoms with Gasteiger partial charge in [0.2, 0.25) is 11.8 Å². The van der Waals surface area contributed by atoms with Crippen molar-refractivity contribution < 1.29 is 9.21 Å². The van der Waals surface area contributed by atoms with Crippen molar-refractivity contribution >= 4 is 33.2 Å². The molecule has 3 rings (SSSR count). The normalized spacial score (nSPS) is 10.8. The van der Waals surface area contributed by atoms with Gasteiger partial charge in [-0.3, -0.25) is 4.79 Å². The second-order valence-corrected chi connectivity index (χ2v) is 8.07. The SMILES string of the molecule is Cc1oc(-c2ccccc2)nc1CC(=O)N(C)Cc1ccc(Br)s1. The van der Waals surface area contributed by atoms with E-state index in [-0.39, 0.29) is 12.3 Å². The summed E-state index contributed by atoms with van der Waals surface area (Å²) in [6.45, 7) is 2.44. The molecule has 0 radical (unpaired) electrons. The summed E-state index contributed by atoms with van der Waals surface area (Å²) in [5, 5.41) is 0. The summed E-state index contributed by atoms with van der Waals surface area (Å²) in [6.07, 6.45) is 0.241. The average Bonchev–Trinajstić information content (AvgIpc) is 3.14. The summed E-state index contributed by atoms with van der Waals surface area (Å²) in [4.78, 5) is 19.8. The molecule has 2 heterocycles. The van der Waals surface area contributed by atoms with Crippen molar-refractivity contribution in [2.45, 2.75) is 19.9 Å². The molecule has 2 aromatic heterocycles. The van der Waals surface area contributed by atoms with Crippen LogP contribution in [0.5, 0.6) is 0 Å². The summed E-state index contributed by atoms with van der Waals surface area (Å²) < 4.78 is 6.78. The van der Waals surface area contributed by atoms with Crippen LogP contribution >= 0.6 is 27.3 Å². The number of amides is 1. The monoisotopic (exact) mass is 404 g/mol. The van der Waals surface area contributed by atoms with Gasteiger partial charge in [-0.1, -0.05) is 18.2 Å². The topological polar surface area (TPSA) is 46.3 Å². The molecule has 0 aliphatic rings. The minimum absolute atomic E-state index is 0.0236. The van der Waals surface area contributed by atoms with Gasteiger partial charge in [0.25, 0.3) is 0 Å². The summed E-state index contributed by atoms with van der Waals surface area (Å²) >= 11 is 5.07. The molecule has 1 aromatic carbocycles. The highest BCUT2D eigenvalue weighted by atomic mass is 79.9. The van der Waals surface area contributed by atoms with E-state index in [0.717, 1.165) is 14.2 Å². The average molecular weight is 405 g/mol. The molecule has 0 unspecified atom stereocenters. The molecule has 24 heavy (non-hydrogen) atoms. The maximum Gasteiger partial charge on any atom is 0.228 e. The third-order valence-electron chi connectivity index (χ3n) is 3.68. The van der Waals surface area contributed by atoms with Crippen LogP contribution in [-0.4, -0.2) is 22.8 Å². The molecule has 4 nitrogen and oxygen atoms in total. The second-order valence-electron chi connectivity index (χ2n) is 5.52. The Kier molecular flexibility index (Phi) is 5.16. The van der Waals surface area contributed by atoms with E-state index >= 15 is 0 Å². The van der Waals surface area contributed by atoms with Crippen molar-refractivity contribution in [1.82, 2.24) is 9.88 Å². The van der Waals surface area contributed by atoms with Crippen molar-refractivity contribution in [3.8, 4) is 11.5 Å². The molecule has 0 atom stereocenters. The van der Waals surface area contributed by atoms with Gasteiger partial charge in [0.15, 0.2) is 0 Å². The highest BCUT2D eigenvalue weighted by Crippen LogP contribution is 2.24. The van der Waals surface area contributed by atoms with Gasteiger partial charge in [-0.2, -0.15) is 0 Å². The number of thiophene rings is 1. The number of likely N-dealkylation sites (N-methyl/N-ethyl adjacent to an activating group) is 1. The lowest BCUT2D eigenvalue weighted by molar-refractivity contribution is -0.129. The van der Waals surface area contributed by atoms with Crippen LogP contribution in [-0.2, 0) is 17.8 Å². The highest BCUT2D eigenvalue weighted by Gasteiger charge is 2.17. The van der Waals surface area contributed by atoms with Crippen molar-refractivity contribution in [3.05, 3.63) is 62.6 Å². The van der Waals surface area contributed by atoms with E-state index in [9.17, 15) is 4.79 Å². The van der Waals surface area contributed by atoms with E-state index in [1.165, 1.54) is 0 Å². The van der Waals surface area contributed by atoms with Gasteiger partial charge >= 0.3 is 0 Å². The maximum atomic E-state index is 12.5. The second kappa shape index (κ2) is 7.32. The van der Waals surface area contributed by atoms with Gasteiger partial charge in [0.1, 0.15) is 5.76 Å². The number of carbonyl (C=O) groups is 1. The molecule has 1 amide bonds. The number of aromatic nitrogens is 1. The molecule has 0 bridgehead atoms. The number of aryl methyl sites for hydroxylation is 1. The van der Waals surface area contributed by atoms with E-state index in [0.29, 0.717) is 23.9 Å². The molecule has 0 saturated carbocycles. The molecule has 0 aliphatic carbocycles. The molecule has 0 spiro atoms. The van der Waals surface area contributed by atoms with Crippen molar-refractivity contribution in [2.75, 3.05) is 7.05 Å². The van der Waals surface area contributed by atoms with E-state index in [2.05, 4.69) is 20.9 Å². The van der Waals surface area contributed by atoms with Crippen LogP contribution in [0.4, 0.5) is 0 Å². The fourth-order valence-corrected chi connectivity index (χ4v) is 3.87. The van der Waals surface area contributed by atoms with Gasteiger partial charge in [-0.25, -0.2) is 4.98 Å². The Morgan fingerprint density at radius 3 is 2.67 bits per heavy atom. The number of hydrogen-bond donors (Lipinski definition) is 0. The third-order valence-corrected chi connectivity index (χ3v) is 5.29. The minimum atomic E-state index is 0.0236. The van der Waals surface area contributed by atoms with Gasteiger partial charge in [-0.15, -0.1) is 11.3 Å². The van der Waals surface area contributed by atoms with Crippen molar-refractivity contribution in [1.29, 1.82) is 0 Å². The number of rotatable bonds is 5. The molecule has 0 saturated heterocycles. The summed E-state index contributed by atoms with van der Waals surface area (Å²) in [5.41, 5.74) is 1.61. The quantitative estimate of drug-likeness (QED) is 0.620. The van der Waals surface area contributed by atoms with Crippen LogP contribution in [0.15, 0.2) is 50.7 Å². The molecule has 124 valence electrons. The predicted octanol–water partition coefficient (Wildman–Crippen LogP) is 4.68. The molecular weight excluding hydrogens is 388 g/mol. The lowest BCUT2D eigenvalue weighted by atomic mass is 10.2. The Bertz CT molecular complexity index is 842. The zero-order chi connectivity index (χ0) is 17.1. The van der Waals surface area contributed by atoms with Crippen LogP contribution in [0, 0.1) is 6.92 Å². The summed E-state index contributed by atoms with van der Waals surface area (Å²) in [6, 6.07) is 13.7. The van der Waals surface area contributed by atoms with Crippen LogP contribution < -0.4 is 0 Å². The molecule has 0 fully saturated rings. The van der Waals surface area contributed by atoms with E-state index in [1.807, 2.05) is 56.4 Å². The van der Waals surface area contributed by atoms with Crippen molar-refractivity contribution in [3.63, 3.8) is 0 Å². The molecule has 6 heteroatoms. The van der Waals surface area contributed by atoms with Gasteiger partial charge in [-0.05, 0) is 47.1 Å². The van der Waals surface area contributed by atoms with Crippen LogP contribution in [0.3, 0.4) is 0 Å². The van der Waals surface area contributed by atoms with Gasteiger partial charge in [0.05, 0.1) is 22.4 Å². The number of hydrogen-bond acceptors (Lipinski definition) is 4. The first kappa shape index (κ1) is 16.9. The first-order valence-electron chi connectivity index (χ1n) is 7.53. The first-order valence-corrected chi connectivity index (χ1v) is 9.14. The van der Waals surface area contributed by atoms with Gasteiger partial charge in [0, 0.05) is 17.5 Å². The summed E-state index contributed by atoms with van der Waals surface area (Å²) in [5.74, 6) is 1.27. The lowest BCUT2D eigenvalue weighted by Crippen LogP contribution is -2.27. The smallest absolute Gasteiger partial charge is 0.228 e. The van der Waals surface area contributed by atoms with E-state index < -0.39 is 0 Å². The molecule has 3 aromatic rings. The maximum absolute atomic E-state index is 12.5. The standard InChI is InChI=1S/C18H17BrN2O2S/c1-12-15(20-18(23-12)13-6-4-3-5-7-13)10-17(22)21(2)11-14-8-9-16(19)24-14/h3-9H,10-11H2,1-2H3. The molecule has 0 N–H and O–H groups in total. The lowest BCUT2D eigenvalue weighted by Gasteiger charge is -2.15. The number of nitrogens with zero attached hydrogens (tertiary/aromatic N) is 2. The summed E-state index contributed by atoms with van der Waals surface area (Å²) in [7, 11) is 1.81. The fraction of sp³-hybridized carbons (Fsp3) is 0.222. The zero-order valence-electron chi connectivity index (χ0n) is 13.5. The minimum Gasteiger partial charge on any atom is -0.441 e. The first-order chi connectivity index (χ1) is 11.5. The fourth-order valence-electron chi connectivity index (χ4n) is 2.33. The Morgan fingerprint density at radius 1 is 1.25 bits per heavy atom. The highest BCUT2D eigenvalue weighted by molar-refractivity contribution is 9.11. The number of halogens is 1. The van der Waals surface area contributed by atoms with Gasteiger partial charge < -0.3 is 9.32 Å². The van der Waals surface area contributed by atoms with Crippen LogP contribution in [0.1, 0.15) is 16.3 Å². The molecule has 0 aliphatic heterocycles. The number of carbonyl (C=O) groups excluding carboxylic acids is 1. The van der Waals surface area contributed by atoms with E-state index in [4.69, 9.17) is 4.42 Å². The Hall–Kier alpha value is -1.92. The Labute approximate surface area is 153 Å². The van der Waals surface area contributed by atoms with E-state index in [1.54, 1.807) is 16.2 Å².